The second-order valence-corrected chi connectivity index (χ2v) is 6.54. The molecule has 3 rings (SSSR count). The van der Waals surface area contributed by atoms with Crippen molar-refractivity contribution >= 4 is 6.03 Å². The molecule has 0 aromatic carbocycles. The molecule has 1 aromatic rings. The molecule has 2 aliphatic carbocycles. The van der Waals surface area contributed by atoms with E-state index in [-0.39, 0.29) is 6.04 Å². The van der Waals surface area contributed by atoms with Crippen molar-refractivity contribution in [1.29, 1.82) is 0 Å². The molecule has 2 fully saturated rings. The number of urea groups is 1. The van der Waals surface area contributed by atoms with Gasteiger partial charge in [0.25, 0.3) is 0 Å². The molecule has 4 atom stereocenters. The first-order valence-electron chi connectivity index (χ1n) is 8.03. The number of hydrogen-bond acceptors (Lipinski definition) is 4. The van der Waals surface area contributed by atoms with Gasteiger partial charge in [-0.25, -0.2) is 4.79 Å². The Balaban J connectivity index is 1.64. The molecule has 3 N–H and O–H groups in total. The summed E-state index contributed by atoms with van der Waals surface area (Å²) in [7, 11) is 0. The van der Waals surface area contributed by atoms with E-state index < -0.39 is 6.03 Å². The molecule has 1 aromatic heterocycles. The number of nitrogens with two attached hydrogens (primary N) is 1. The third-order valence-electron chi connectivity index (χ3n) is 5.09. The van der Waals surface area contributed by atoms with Crippen LogP contribution in [-0.2, 0) is 0 Å². The standard InChI is InChI=1S/C15H24N4O2/c1-9(17-15(16)20)13-18-14(21-19-13)12-7-6-10-4-2-3-5-11(10)8-12/h9-12H,2-8H2,1H3,(H3,16,17,20)/t9-,10-,11+,12+/m0/s1. The Bertz CT molecular complexity index is 502. The van der Waals surface area contributed by atoms with Gasteiger partial charge < -0.3 is 15.6 Å². The molecule has 0 aliphatic heterocycles. The summed E-state index contributed by atoms with van der Waals surface area (Å²) in [5.41, 5.74) is 5.12. The van der Waals surface area contributed by atoms with Crippen molar-refractivity contribution in [2.45, 2.75) is 63.8 Å². The fourth-order valence-corrected chi connectivity index (χ4v) is 3.96. The lowest BCUT2D eigenvalue weighted by Crippen LogP contribution is -2.32. The monoisotopic (exact) mass is 292 g/mol. The van der Waals surface area contributed by atoms with Crippen molar-refractivity contribution < 1.29 is 9.32 Å². The predicted octanol–water partition coefficient (Wildman–Crippen LogP) is 2.87. The molecule has 2 saturated carbocycles. The van der Waals surface area contributed by atoms with Crippen molar-refractivity contribution in [3.8, 4) is 0 Å². The number of nitrogens with zero attached hydrogens (tertiary/aromatic N) is 2. The lowest BCUT2D eigenvalue weighted by molar-refractivity contribution is 0.142. The van der Waals surface area contributed by atoms with E-state index >= 15 is 0 Å². The van der Waals surface area contributed by atoms with E-state index in [1.807, 2.05) is 0 Å². The van der Waals surface area contributed by atoms with Crippen LogP contribution in [0.4, 0.5) is 4.79 Å². The van der Waals surface area contributed by atoms with Crippen molar-refractivity contribution in [3.05, 3.63) is 11.7 Å². The van der Waals surface area contributed by atoms with Gasteiger partial charge in [0.1, 0.15) is 0 Å². The van der Waals surface area contributed by atoms with Gasteiger partial charge in [-0.3, -0.25) is 0 Å². The smallest absolute Gasteiger partial charge is 0.312 e. The SMILES string of the molecule is C[C@H](NC(N)=O)c1noc([C@@H]2CC[C@@H]3CCCC[C@@H]3C2)n1. The Morgan fingerprint density at radius 3 is 2.81 bits per heavy atom. The molecule has 0 unspecified atom stereocenters. The normalized spacial score (nSPS) is 30.4. The number of aromatic nitrogens is 2. The Kier molecular flexibility index (Phi) is 4.12. The zero-order valence-electron chi connectivity index (χ0n) is 12.5. The summed E-state index contributed by atoms with van der Waals surface area (Å²) in [4.78, 5) is 15.4. The highest BCUT2D eigenvalue weighted by Crippen LogP contribution is 2.45. The summed E-state index contributed by atoms with van der Waals surface area (Å²) in [5.74, 6) is 3.36. The summed E-state index contributed by atoms with van der Waals surface area (Å²) in [6.07, 6.45) is 9.09. The first kappa shape index (κ1) is 14.4. The molecule has 6 heteroatoms. The average Bonchev–Trinajstić information content (AvgIpc) is 2.96. The number of nitrogens with one attached hydrogen (secondary N) is 1. The molecule has 2 amide bonds. The Hall–Kier alpha value is -1.59. The van der Waals surface area contributed by atoms with Crippen LogP contribution in [0.25, 0.3) is 0 Å². The molecule has 0 spiro atoms. The van der Waals surface area contributed by atoms with Gasteiger partial charge in [-0.15, -0.1) is 0 Å². The fourth-order valence-electron chi connectivity index (χ4n) is 3.96. The molecular formula is C15H24N4O2. The molecule has 21 heavy (non-hydrogen) atoms. The highest BCUT2D eigenvalue weighted by molar-refractivity contribution is 5.71. The topological polar surface area (TPSA) is 94.0 Å². The molecule has 0 saturated heterocycles. The summed E-state index contributed by atoms with van der Waals surface area (Å²) >= 11 is 0. The maximum atomic E-state index is 10.9. The maximum absolute atomic E-state index is 10.9. The Labute approximate surface area is 124 Å². The van der Waals surface area contributed by atoms with E-state index in [0.29, 0.717) is 11.7 Å². The summed E-state index contributed by atoms with van der Waals surface area (Å²) in [5, 5.41) is 6.57. The molecule has 6 nitrogen and oxygen atoms in total. The van der Waals surface area contributed by atoms with Crippen LogP contribution < -0.4 is 11.1 Å². The first-order valence-corrected chi connectivity index (χ1v) is 8.03. The van der Waals surface area contributed by atoms with Crippen molar-refractivity contribution in [3.63, 3.8) is 0 Å². The summed E-state index contributed by atoms with van der Waals surface area (Å²) in [6, 6.07) is -0.886. The fraction of sp³-hybridized carbons (Fsp3) is 0.800. The van der Waals surface area contributed by atoms with E-state index in [1.165, 1.54) is 38.5 Å². The van der Waals surface area contributed by atoms with Gasteiger partial charge in [-0.2, -0.15) is 4.98 Å². The van der Waals surface area contributed by atoms with Gasteiger partial charge in [-0.05, 0) is 38.0 Å². The third kappa shape index (κ3) is 3.19. The van der Waals surface area contributed by atoms with Crippen molar-refractivity contribution in [2.24, 2.45) is 17.6 Å². The minimum Gasteiger partial charge on any atom is -0.352 e. The van der Waals surface area contributed by atoms with Crippen LogP contribution in [0.1, 0.15) is 75.5 Å². The highest BCUT2D eigenvalue weighted by atomic mass is 16.5. The minimum atomic E-state index is -0.573. The van der Waals surface area contributed by atoms with Gasteiger partial charge in [0, 0.05) is 5.92 Å². The zero-order chi connectivity index (χ0) is 14.8. The van der Waals surface area contributed by atoms with Crippen LogP contribution in [0.2, 0.25) is 0 Å². The molecule has 1 heterocycles. The molecule has 116 valence electrons. The van der Waals surface area contributed by atoms with Gasteiger partial charge in [0.2, 0.25) is 5.89 Å². The molecule has 2 aliphatic rings. The van der Waals surface area contributed by atoms with E-state index in [9.17, 15) is 4.79 Å². The van der Waals surface area contributed by atoms with Crippen LogP contribution in [0.15, 0.2) is 4.52 Å². The number of hydrogen-bond donors (Lipinski definition) is 2. The number of carbonyl (C=O) groups is 1. The van der Waals surface area contributed by atoms with Crippen LogP contribution in [0.3, 0.4) is 0 Å². The van der Waals surface area contributed by atoms with E-state index in [4.69, 9.17) is 10.3 Å². The summed E-state index contributed by atoms with van der Waals surface area (Å²) < 4.78 is 5.43. The second-order valence-electron chi connectivity index (χ2n) is 6.54. The van der Waals surface area contributed by atoms with Gasteiger partial charge >= 0.3 is 6.03 Å². The van der Waals surface area contributed by atoms with Crippen LogP contribution in [0.5, 0.6) is 0 Å². The maximum Gasteiger partial charge on any atom is 0.312 e. The number of amides is 2. The quantitative estimate of drug-likeness (QED) is 0.895. The minimum absolute atomic E-state index is 0.314. The van der Waals surface area contributed by atoms with E-state index in [1.54, 1.807) is 6.92 Å². The Morgan fingerprint density at radius 1 is 1.29 bits per heavy atom. The lowest BCUT2D eigenvalue weighted by Gasteiger charge is -2.38. The average molecular weight is 292 g/mol. The van der Waals surface area contributed by atoms with E-state index in [2.05, 4.69) is 15.5 Å². The number of carbonyl (C=O) groups excluding carboxylic acids is 1. The van der Waals surface area contributed by atoms with Crippen molar-refractivity contribution in [2.75, 3.05) is 0 Å². The number of primary amides is 1. The highest BCUT2D eigenvalue weighted by Gasteiger charge is 2.35. The van der Waals surface area contributed by atoms with Crippen LogP contribution in [-0.4, -0.2) is 16.2 Å². The van der Waals surface area contributed by atoms with Gasteiger partial charge in [-0.1, -0.05) is 30.8 Å². The molecule has 0 bridgehead atoms. The second kappa shape index (κ2) is 6.03. The Morgan fingerprint density at radius 2 is 2.05 bits per heavy atom. The van der Waals surface area contributed by atoms with Gasteiger partial charge in [0.05, 0.1) is 6.04 Å². The lowest BCUT2D eigenvalue weighted by atomic mass is 9.67. The first-order chi connectivity index (χ1) is 10.1. The number of rotatable bonds is 3. The van der Waals surface area contributed by atoms with Gasteiger partial charge in [0.15, 0.2) is 5.82 Å². The van der Waals surface area contributed by atoms with Crippen LogP contribution in [0, 0.1) is 11.8 Å². The predicted molar refractivity (Wildman–Crippen MR) is 77.5 cm³/mol. The largest absolute Gasteiger partial charge is 0.352 e. The van der Waals surface area contributed by atoms with E-state index in [0.717, 1.165) is 24.1 Å². The molecular weight excluding hydrogens is 268 g/mol. The van der Waals surface area contributed by atoms with Crippen LogP contribution >= 0.6 is 0 Å². The van der Waals surface area contributed by atoms with Crippen molar-refractivity contribution in [1.82, 2.24) is 15.5 Å². The third-order valence-corrected chi connectivity index (χ3v) is 5.09. The molecule has 0 radical (unpaired) electrons. The number of fused-ring (bicyclic) bond motifs is 1. The summed E-state index contributed by atoms with van der Waals surface area (Å²) in [6.45, 7) is 1.80. The zero-order valence-corrected chi connectivity index (χ0v) is 12.5.